The van der Waals surface area contributed by atoms with Gasteiger partial charge in [-0.25, -0.2) is 4.68 Å². The maximum Gasteiger partial charge on any atom is 0.0832 e. The molecule has 2 rings (SSSR count). The smallest absolute Gasteiger partial charge is 0.0832 e. The van der Waals surface area contributed by atoms with Crippen molar-refractivity contribution in [1.29, 1.82) is 0 Å². The predicted molar refractivity (Wildman–Crippen MR) is 73.3 cm³/mol. The summed E-state index contributed by atoms with van der Waals surface area (Å²) < 4.78 is 1.77. The monoisotopic (exact) mass is 264 g/mol. The van der Waals surface area contributed by atoms with E-state index < -0.39 is 6.10 Å². The summed E-state index contributed by atoms with van der Waals surface area (Å²) in [6, 6.07) is 7.51. The molecule has 0 radical (unpaired) electrons. The molecule has 1 N–H and O–H groups in total. The zero-order valence-electron chi connectivity index (χ0n) is 10.8. The maximum atomic E-state index is 9.51. The number of hydrogen-bond acceptors (Lipinski definition) is 2. The maximum absolute atomic E-state index is 9.51. The number of aliphatic hydroxyl groups excluding tert-OH is 1. The van der Waals surface area contributed by atoms with Gasteiger partial charge in [-0.1, -0.05) is 31.5 Å². The van der Waals surface area contributed by atoms with Crippen LogP contribution >= 0.6 is 11.6 Å². The van der Waals surface area contributed by atoms with Crippen LogP contribution in [0, 0.1) is 0 Å². The van der Waals surface area contributed by atoms with Gasteiger partial charge in [-0.05, 0) is 36.6 Å². The summed E-state index contributed by atoms with van der Waals surface area (Å²) >= 11 is 6.22. The number of rotatable bonds is 3. The number of halogens is 1. The van der Waals surface area contributed by atoms with Gasteiger partial charge < -0.3 is 5.11 Å². The Morgan fingerprint density at radius 1 is 1.22 bits per heavy atom. The lowest BCUT2D eigenvalue weighted by Crippen LogP contribution is -1.99. The summed E-state index contributed by atoms with van der Waals surface area (Å²) in [5.74, 6) is 0.391. The minimum atomic E-state index is -0.514. The van der Waals surface area contributed by atoms with Crippen LogP contribution in [0.3, 0.4) is 0 Å². The average molecular weight is 265 g/mol. The predicted octanol–water partition coefficient (Wildman–Crippen LogP) is 3.70. The molecular weight excluding hydrogens is 248 g/mol. The zero-order chi connectivity index (χ0) is 13.3. The molecule has 0 saturated carbocycles. The van der Waals surface area contributed by atoms with Crippen LogP contribution in [0.15, 0.2) is 30.5 Å². The van der Waals surface area contributed by atoms with Gasteiger partial charge in [0, 0.05) is 6.20 Å². The highest BCUT2D eigenvalue weighted by Crippen LogP contribution is 2.25. The number of aromatic nitrogens is 2. The Morgan fingerprint density at radius 3 is 2.44 bits per heavy atom. The summed E-state index contributed by atoms with van der Waals surface area (Å²) in [4.78, 5) is 0. The lowest BCUT2D eigenvalue weighted by molar-refractivity contribution is 0.199. The average Bonchev–Trinajstić information content (AvgIpc) is 2.78. The van der Waals surface area contributed by atoms with Crippen molar-refractivity contribution in [3.8, 4) is 5.69 Å². The molecule has 0 aliphatic heterocycles. The molecule has 0 aliphatic rings. The van der Waals surface area contributed by atoms with Crippen molar-refractivity contribution in [3.05, 3.63) is 46.7 Å². The summed E-state index contributed by atoms with van der Waals surface area (Å²) in [6.07, 6.45) is 1.39. The fraction of sp³-hybridized carbons (Fsp3) is 0.357. The van der Waals surface area contributed by atoms with Crippen LogP contribution in [0.1, 0.15) is 44.1 Å². The third kappa shape index (κ3) is 2.57. The number of benzene rings is 1. The van der Waals surface area contributed by atoms with Crippen LogP contribution in [0.5, 0.6) is 0 Å². The zero-order valence-corrected chi connectivity index (χ0v) is 11.5. The second-order valence-electron chi connectivity index (χ2n) is 4.73. The third-order valence-corrected chi connectivity index (χ3v) is 3.20. The first-order valence-electron chi connectivity index (χ1n) is 6.02. The summed E-state index contributed by atoms with van der Waals surface area (Å²) in [5, 5.41) is 14.6. The molecule has 1 aromatic carbocycles. The van der Waals surface area contributed by atoms with Gasteiger partial charge in [0.05, 0.1) is 22.5 Å². The normalized spacial score (nSPS) is 13.0. The number of aliphatic hydroxyl groups is 1. The van der Waals surface area contributed by atoms with Gasteiger partial charge in [0.2, 0.25) is 0 Å². The van der Waals surface area contributed by atoms with Crippen molar-refractivity contribution in [1.82, 2.24) is 9.78 Å². The molecule has 96 valence electrons. The quantitative estimate of drug-likeness (QED) is 0.918. The first kappa shape index (κ1) is 13.1. The lowest BCUT2D eigenvalue weighted by Gasteiger charge is -2.09. The van der Waals surface area contributed by atoms with Crippen LogP contribution in [0.25, 0.3) is 5.69 Å². The molecule has 1 unspecified atom stereocenters. The first-order valence-corrected chi connectivity index (χ1v) is 6.40. The molecule has 0 aliphatic carbocycles. The summed E-state index contributed by atoms with van der Waals surface area (Å²) in [5.41, 5.74) is 2.67. The van der Waals surface area contributed by atoms with Crippen LogP contribution in [0.4, 0.5) is 0 Å². The summed E-state index contributed by atoms with van der Waals surface area (Å²) in [7, 11) is 0. The van der Waals surface area contributed by atoms with E-state index in [2.05, 4.69) is 18.9 Å². The molecule has 1 atom stereocenters. The van der Waals surface area contributed by atoms with Crippen molar-refractivity contribution in [3.63, 3.8) is 0 Å². The highest BCUT2D eigenvalue weighted by atomic mass is 35.5. The second-order valence-corrected chi connectivity index (χ2v) is 5.13. The van der Waals surface area contributed by atoms with Crippen LogP contribution in [-0.2, 0) is 0 Å². The topological polar surface area (TPSA) is 38.0 Å². The first-order chi connectivity index (χ1) is 8.49. The molecule has 0 bridgehead atoms. The molecular formula is C14H17ClN2O. The Morgan fingerprint density at radius 2 is 1.94 bits per heavy atom. The van der Waals surface area contributed by atoms with E-state index in [1.807, 2.05) is 24.4 Å². The third-order valence-electron chi connectivity index (χ3n) is 2.90. The highest BCUT2D eigenvalue weighted by molar-refractivity contribution is 6.32. The minimum absolute atomic E-state index is 0.391. The van der Waals surface area contributed by atoms with E-state index in [1.165, 1.54) is 0 Å². The minimum Gasteiger partial charge on any atom is -0.389 e. The van der Waals surface area contributed by atoms with E-state index in [1.54, 1.807) is 17.7 Å². The van der Waals surface area contributed by atoms with E-state index in [0.29, 0.717) is 10.9 Å². The van der Waals surface area contributed by atoms with Crippen LogP contribution < -0.4 is 0 Å². The van der Waals surface area contributed by atoms with Gasteiger partial charge in [-0.3, -0.25) is 0 Å². The molecule has 18 heavy (non-hydrogen) atoms. The molecule has 4 heteroatoms. The van der Waals surface area contributed by atoms with Crippen molar-refractivity contribution >= 4 is 11.6 Å². The number of nitrogens with zero attached hydrogens (tertiary/aromatic N) is 2. The van der Waals surface area contributed by atoms with E-state index in [4.69, 9.17) is 11.6 Å². The van der Waals surface area contributed by atoms with E-state index in [-0.39, 0.29) is 0 Å². The van der Waals surface area contributed by atoms with E-state index in [0.717, 1.165) is 16.9 Å². The van der Waals surface area contributed by atoms with Gasteiger partial charge in [-0.15, -0.1) is 0 Å². The molecule has 2 aromatic rings. The fourth-order valence-corrected chi connectivity index (χ4v) is 2.02. The molecule has 0 spiro atoms. The van der Waals surface area contributed by atoms with Crippen molar-refractivity contribution in [2.75, 3.05) is 0 Å². The Bertz CT molecular complexity index is 546. The molecule has 1 aromatic heterocycles. The highest BCUT2D eigenvalue weighted by Gasteiger charge is 2.09. The van der Waals surface area contributed by atoms with E-state index in [9.17, 15) is 5.11 Å². The Labute approximate surface area is 112 Å². The largest absolute Gasteiger partial charge is 0.389 e. The Balaban J connectivity index is 2.38. The van der Waals surface area contributed by atoms with Crippen LogP contribution in [0.2, 0.25) is 5.02 Å². The Kier molecular flexibility index (Phi) is 3.73. The summed E-state index contributed by atoms with van der Waals surface area (Å²) in [6.45, 7) is 5.92. The molecule has 0 fully saturated rings. The van der Waals surface area contributed by atoms with Gasteiger partial charge in [-0.2, -0.15) is 5.10 Å². The molecule has 1 heterocycles. The standard InChI is InChI=1S/C14H17ClN2O/c1-9(2)13-6-7-17(16-13)14-5-4-11(10(3)18)8-12(14)15/h4-10,18H,1-3H3. The van der Waals surface area contributed by atoms with Gasteiger partial charge in [0.25, 0.3) is 0 Å². The van der Waals surface area contributed by atoms with Crippen molar-refractivity contribution < 1.29 is 5.11 Å². The fourth-order valence-electron chi connectivity index (χ4n) is 1.75. The lowest BCUT2D eigenvalue weighted by atomic mass is 10.1. The van der Waals surface area contributed by atoms with Gasteiger partial charge >= 0.3 is 0 Å². The van der Waals surface area contributed by atoms with Crippen molar-refractivity contribution in [2.45, 2.75) is 32.8 Å². The van der Waals surface area contributed by atoms with Crippen molar-refractivity contribution in [2.24, 2.45) is 0 Å². The molecule has 3 nitrogen and oxygen atoms in total. The molecule has 0 amide bonds. The number of hydrogen-bond donors (Lipinski definition) is 1. The van der Waals surface area contributed by atoms with Gasteiger partial charge in [0.1, 0.15) is 0 Å². The van der Waals surface area contributed by atoms with Crippen LogP contribution in [-0.4, -0.2) is 14.9 Å². The SMILES string of the molecule is CC(C)c1ccn(-c2ccc(C(C)O)cc2Cl)n1. The molecule has 0 saturated heterocycles. The second kappa shape index (κ2) is 5.12. The van der Waals surface area contributed by atoms with E-state index >= 15 is 0 Å². The Hall–Kier alpha value is -1.32. The van der Waals surface area contributed by atoms with Gasteiger partial charge in [0.15, 0.2) is 0 Å².